The van der Waals surface area contributed by atoms with Crippen molar-refractivity contribution in [2.45, 2.75) is 0 Å². The largest absolute Gasteiger partial charge is 0.181 e. The third-order valence-electron chi connectivity index (χ3n) is 0.109. The van der Waals surface area contributed by atoms with E-state index in [9.17, 15) is 0 Å². The molecule has 0 saturated heterocycles. The summed E-state index contributed by atoms with van der Waals surface area (Å²) < 4.78 is 30.0. The maximum absolute atomic E-state index is 9.07. The van der Waals surface area contributed by atoms with Gasteiger partial charge >= 0.3 is 0 Å². The number of halogens is 1. The molecule has 0 atom stereocenters. The van der Waals surface area contributed by atoms with Gasteiger partial charge in [-0.05, 0) is 0 Å². The molecule has 0 heterocycles. The van der Waals surface area contributed by atoms with Crippen LogP contribution in [0.4, 0.5) is 0 Å². The first-order chi connectivity index (χ1) is 2.56. The van der Waals surface area contributed by atoms with Crippen LogP contribution in [-0.2, 0) is 4.39 Å². The van der Waals surface area contributed by atoms with Gasteiger partial charge in [0.15, 0.2) is 4.39 Å². The number of hydrogen-bond acceptors (Lipinski definition) is 5. The van der Waals surface area contributed by atoms with Crippen LogP contribution in [0.3, 0.4) is 0 Å². The normalized spacial score (nSPS) is 12.0. The predicted octanol–water partition coefficient (Wildman–Crippen LogP) is -4.23. The molecule has 0 rings (SSSR count). The first-order valence-electron chi connectivity index (χ1n) is 0.853. The first kappa shape index (κ1) is 6.09. The van der Waals surface area contributed by atoms with E-state index < -0.39 is 10.2 Å². The second kappa shape index (κ2) is 1.69. The predicted molar refractivity (Wildman–Crippen MR) is 5.27 cm³/mol. The minimum atomic E-state index is -4.40. The molecule has 0 radical (unpaired) electrons. The molecular weight excluding hydrogens is 113 g/mol. The zero-order chi connectivity index (χ0) is 5.21. The summed E-state index contributed by atoms with van der Waals surface area (Å²) in [7, 11) is -4.40. The molecule has 6 heteroatoms. The van der Waals surface area contributed by atoms with Gasteiger partial charge in [-0.2, -0.15) is 14.0 Å². The molecule has 0 aromatic rings. The van der Waals surface area contributed by atoms with Gasteiger partial charge in [-0.3, -0.25) is 0 Å². The van der Waals surface area contributed by atoms with Crippen LogP contribution in [-0.4, -0.2) is 0 Å². The van der Waals surface area contributed by atoms with Crippen LogP contribution >= 0.6 is 0 Å². The van der Waals surface area contributed by atoms with Crippen LogP contribution in [0.25, 0.3) is 0 Å². The Labute approximate surface area is 35.6 Å². The average Bonchev–Trinajstić information content (AvgIpc) is 1.35. The molecule has 0 aliphatic rings. The molecular formula is H2ClNO4. The van der Waals surface area contributed by atoms with E-state index in [-0.39, 0.29) is 0 Å². The van der Waals surface area contributed by atoms with E-state index in [4.69, 9.17) is 14.0 Å². The van der Waals surface area contributed by atoms with Crippen molar-refractivity contribution in [3.05, 3.63) is 0 Å². The fourth-order valence-electron chi connectivity index (χ4n) is 0. The molecule has 0 saturated carbocycles. The van der Waals surface area contributed by atoms with Crippen LogP contribution in [0.5, 0.6) is 0 Å². The van der Waals surface area contributed by atoms with E-state index in [0.717, 1.165) is 0 Å². The van der Waals surface area contributed by atoms with Gasteiger partial charge in [0.2, 0.25) is 0 Å². The Kier molecular flexibility index (Phi) is 1.72. The average molecular weight is 115 g/mol. The SMILES string of the molecule is NO[Cl+3]([O-])([O-])[O-]. The summed E-state index contributed by atoms with van der Waals surface area (Å²) in [5.74, 6) is 3.89. The minimum absolute atomic E-state index is 2.83. The van der Waals surface area contributed by atoms with E-state index in [0.29, 0.717) is 0 Å². The highest BCUT2D eigenvalue weighted by Gasteiger charge is 2.10. The highest BCUT2D eigenvalue weighted by molar-refractivity contribution is 2.98. The molecule has 0 amide bonds. The molecule has 38 valence electrons. The van der Waals surface area contributed by atoms with Crippen LogP contribution in [0.15, 0.2) is 0 Å². The number of hydrogen-bond donors (Lipinski definition) is 1. The lowest BCUT2D eigenvalue weighted by molar-refractivity contribution is -1.92. The monoisotopic (exact) mass is 115 g/mol. The van der Waals surface area contributed by atoms with Crippen molar-refractivity contribution in [3.63, 3.8) is 0 Å². The van der Waals surface area contributed by atoms with Gasteiger partial charge in [0.05, 0.1) is 0 Å². The smallest absolute Gasteiger partial charge is 0.173 e. The zero-order valence-electron chi connectivity index (χ0n) is 2.59. The van der Waals surface area contributed by atoms with Crippen LogP contribution < -0.4 is 19.9 Å². The lowest BCUT2D eigenvalue weighted by Crippen LogP contribution is -2.62. The van der Waals surface area contributed by atoms with Gasteiger partial charge in [0.25, 0.3) is 0 Å². The molecule has 2 N–H and O–H groups in total. The van der Waals surface area contributed by atoms with Crippen LogP contribution in [0.2, 0.25) is 0 Å². The molecule has 0 aromatic carbocycles. The van der Waals surface area contributed by atoms with E-state index in [1.807, 2.05) is 0 Å². The molecule has 0 fully saturated rings. The summed E-state index contributed by atoms with van der Waals surface area (Å²) in [6.07, 6.45) is 0. The molecule has 0 aromatic heterocycles. The molecule has 6 heavy (non-hydrogen) atoms. The van der Waals surface area contributed by atoms with Crippen molar-refractivity contribution in [1.82, 2.24) is 0 Å². The fourth-order valence-corrected chi connectivity index (χ4v) is 0. The van der Waals surface area contributed by atoms with Crippen molar-refractivity contribution < 1.29 is 28.6 Å². The highest BCUT2D eigenvalue weighted by Crippen LogP contribution is 1.73. The lowest BCUT2D eigenvalue weighted by atomic mass is 13.6. The maximum atomic E-state index is 9.07. The van der Waals surface area contributed by atoms with Gasteiger partial charge in [-0.1, -0.05) is 5.90 Å². The van der Waals surface area contributed by atoms with Gasteiger partial charge in [0, 0.05) is 0 Å². The molecule has 0 aliphatic carbocycles. The van der Waals surface area contributed by atoms with E-state index >= 15 is 0 Å². The number of nitrogens with two attached hydrogens (primary N) is 1. The van der Waals surface area contributed by atoms with E-state index in [2.05, 4.69) is 10.3 Å². The molecule has 0 spiro atoms. The molecule has 5 nitrogen and oxygen atoms in total. The lowest BCUT2D eigenvalue weighted by Gasteiger charge is -2.06. The minimum Gasteiger partial charge on any atom is -0.181 e. The second-order valence-electron chi connectivity index (χ2n) is 0.467. The third-order valence-corrected chi connectivity index (χ3v) is 0.327. The first-order valence-corrected chi connectivity index (χ1v) is 2.09. The Morgan fingerprint density at radius 3 is 1.50 bits per heavy atom. The van der Waals surface area contributed by atoms with Crippen LogP contribution in [0, 0.1) is 10.2 Å². The summed E-state index contributed by atoms with van der Waals surface area (Å²) in [5, 5.41) is 0. The third kappa shape index (κ3) is 4.09. The zero-order valence-corrected chi connectivity index (χ0v) is 3.34. The van der Waals surface area contributed by atoms with Crippen molar-refractivity contribution in [2.24, 2.45) is 5.90 Å². The van der Waals surface area contributed by atoms with Gasteiger partial charge in [0.1, 0.15) is 10.2 Å². The summed E-state index contributed by atoms with van der Waals surface area (Å²) in [6, 6.07) is 0. The summed E-state index contributed by atoms with van der Waals surface area (Å²) in [6.45, 7) is 0. The van der Waals surface area contributed by atoms with Crippen molar-refractivity contribution >= 4 is 0 Å². The number of rotatable bonds is 1. The Bertz CT molecular complexity index is 37.3. The van der Waals surface area contributed by atoms with Crippen molar-refractivity contribution in [2.75, 3.05) is 0 Å². The van der Waals surface area contributed by atoms with E-state index in [1.165, 1.54) is 0 Å². The van der Waals surface area contributed by atoms with Crippen molar-refractivity contribution in [1.29, 1.82) is 0 Å². The Hall–Kier alpha value is 0.0900. The Morgan fingerprint density at radius 2 is 1.50 bits per heavy atom. The summed E-state index contributed by atoms with van der Waals surface area (Å²) in [5.41, 5.74) is 0. The summed E-state index contributed by atoms with van der Waals surface area (Å²) >= 11 is 0. The Morgan fingerprint density at radius 1 is 1.33 bits per heavy atom. The summed E-state index contributed by atoms with van der Waals surface area (Å²) in [4.78, 5) is 0. The highest BCUT2D eigenvalue weighted by atomic mass is 35.7. The van der Waals surface area contributed by atoms with Gasteiger partial charge < -0.3 is 0 Å². The van der Waals surface area contributed by atoms with Crippen molar-refractivity contribution in [3.8, 4) is 0 Å². The molecule has 0 aliphatic heterocycles. The van der Waals surface area contributed by atoms with Crippen LogP contribution in [0.1, 0.15) is 0 Å². The second-order valence-corrected chi connectivity index (χ2v) is 1.40. The quantitative estimate of drug-likeness (QED) is 0.349. The van der Waals surface area contributed by atoms with Gasteiger partial charge in [-0.15, -0.1) is 0 Å². The van der Waals surface area contributed by atoms with Gasteiger partial charge in [-0.25, -0.2) is 0 Å². The topological polar surface area (TPSA) is 104 Å². The molecule has 0 bridgehead atoms. The maximum Gasteiger partial charge on any atom is 0.173 e. The standard InChI is InChI=1S/ClH2NO4/c2-6-1(3,4)5/h2H2. The fraction of sp³-hybridized carbons (Fsp3) is 0. The Balaban J connectivity index is 3.17. The van der Waals surface area contributed by atoms with E-state index in [1.54, 1.807) is 0 Å². The molecule has 0 unspecified atom stereocenters.